The fraction of sp³-hybridized carbons (Fsp3) is 0.250. The fourth-order valence-corrected chi connectivity index (χ4v) is 3.05. The van der Waals surface area contributed by atoms with Crippen molar-refractivity contribution in [1.29, 1.82) is 0 Å². The van der Waals surface area contributed by atoms with Crippen LogP contribution in [0.5, 0.6) is 0 Å². The van der Waals surface area contributed by atoms with Gasteiger partial charge in [-0.25, -0.2) is 8.91 Å². The third-order valence-corrected chi connectivity index (χ3v) is 4.51. The smallest absolute Gasteiger partial charge is 0.251 e. The van der Waals surface area contributed by atoms with Crippen LogP contribution < -0.4 is 5.32 Å². The van der Waals surface area contributed by atoms with E-state index in [0.717, 1.165) is 23.5 Å². The molecule has 0 spiro atoms. The van der Waals surface area contributed by atoms with Crippen LogP contribution in [0, 0.1) is 5.82 Å². The summed E-state index contributed by atoms with van der Waals surface area (Å²) in [5.41, 5.74) is 2.18. The molecule has 3 aromatic rings. The van der Waals surface area contributed by atoms with Crippen LogP contribution >= 0.6 is 11.8 Å². The molecule has 2 heterocycles. The molecule has 24 heavy (non-hydrogen) atoms. The molecule has 8 heteroatoms. The number of aromatic nitrogens is 4. The van der Waals surface area contributed by atoms with Gasteiger partial charge in [-0.3, -0.25) is 4.79 Å². The van der Waals surface area contributed by atoms with Crippen LogP contribution in [0.15, 0.2) is 42.6 Å². The Morgan fingerprint density at radius 1 is 1.25 bits per heavy atom. The molecule has 0 saturated heterocycles. The first kappa shape index (κ1) is 16.4. The monoisotopic (exact) mass is 345 g/mol. The van der Waals surface area contributed by atoms with Crippen molar-refractivity contribution in [2.75, 3.05) is 12.3 Å². The van der Waals surface area contributed by atoms with E-state index < -0.39 is 0 Å². The number of carbonyl (C=O) groups is 1. The van der Waals surface area contributed by atoms with Crippen molar-refractivity contribution < 1.29 is 9.18 Å². The van der Waals surface area contributed by atoms with Crippen molar-refractivity contribution in [3.05, 3.63) is 59.5 Å². The van der Waals surface area contributed by atoms with Gasteiger partial charge in [0.1, 0.15) is 5.82 Å². The third kappa shape index (κ3) is 4.29. The zero-order chi connectivity index (χ0) is 16.8. The number of rotatable bonds is 7. The van der Waals surface area contributed by atoms with Gasteiger partial charge in [-0.2, -0.15) is 11.8 Å². The Kier molecular flexibility index (Phi) is 5.37. The average molecular weight is 345 g/mol. The molecule has 0 unspecified atom stereocenters. The SMILES string of the molecule is O=C(NCCCSCc1ccc(F)cc1)c1ccn2nnnc2c1. The van der Waals surface area contributed by atoms with E-state index in [4.69, 9.17) is 0 Å². The number of amides is 1. The van der Waals surface area contributed by atoms with Gasteiger partial charge in [0.05, 0.1) is 0 Å². The van der Waals surface area contributed by atoms with E-state index in [1.165, 1.54) is 16.6 Å². The van der Waals surface area contributed by atoms with Crippen LogP contribution in [-0.4, -0.2) is 38.2 Å². The highest BCUT2D eigenvalue weighted by Crippen LogP contribution is 2.13. The van der Waals surface area contributed by atoms with Crippen molar-refractivity contribution in [1.82, 2.24) is 25.4 Å². The van der Waals surface area contributed by atoms with Crippen LogP contribution in [0.25, 0.3) is 5.65 Å². The van der Waals surface area contributed by atoms with Gasteiger partial charge >= 0.3 is 0 Å². The minimum atomic E-state index is -0.216. The summed E-state index contributed by atoms with van der Waals surface area (Å²) >= 11 is 1.76. The highest BCUT2D eigenvalue weighted by molar-refractivity contribution is 7.98. The van der Waals surface area contributed by atoms with Gasteiger partial charge in [-0.05, 0) is 52.4 Å². The lowest BCUT2D eigenvalue weighted by Crippen LogP contribution is -2.24. The number of tetrazole rings is 1. The molecule has 0 aliphatic rings. The molecule has 1 amide bonds. The van der Waals surface area contributed by atoms with E-state index in [9.17, 15) is 9.18 Å². The maximum atomic E-state index is 12.8. The molecule has 0 bridgehead atoms. The molecule has 0 aliphatic heterocycles. The number of nitrogens with one attached hydrogen (secondary N) is 1. The minimum absolute atomic E-state index is 0.135. The first-order valence-corrected chi connectivity index (χ1v) is 8.66. The van der Waals surface area contributed by atoms with Gasteiger partial charge in [0, 0.05) is 24.1 Å². The Labute approximate surface area is 142 Å². The number of nitrogens with zero attached hydrogens (tertiary/aromatic N) is 4. The predicted octanol–water partition coefficient (Wildman–Crippen LogP) is 2.32. The number of benzene rings is 1. The zero-order valence-electron chi connectivity index (χ0n) is 12.9. The van der Waals surface area contributed by atoms with Crippen molar-refractivity contribution in [2.45, 2.75) is 12.2 Å². The van der Waals surface area contributed by atoms with E-state index >= 15 is 0 Å². The quantitative estimate of drug-likeness (QED) is 0.665. The second-order valence-corrected chi connectivity index (χ2v) is 6.29. The van der Waals surface area contributed by atoms with Gasteiger partial charge in [0.25, 0.3) is 5.91 Å². The fourth-order valence-electron chi connectivity index (χ4n) is 2.13. The highest BCUT2D eigenvalue weighted by atomic mass is 32.2. The molecule has 0 atom stereocenters. The van der Waals surface area contributed by atoms with E-state index in [0.29, 0.717) is 17.8 Å². The molecular weight excluding hydrogens is 329 g/mol. The lowest BCUT2D eigenvalue weighted by atomic mass is 10.2. The Bertz CT molecular complexity index is 821. The Morgan fingerprint density at radius 3 is 2.92 bits per heavy atom. The molecule has 0 saturated carbocycles. The molecule has 3 rings (SSSR count). The molecule has 0 aliphatic carbocycles. The zero-order valence-corrected chi connectivity index (χ0v) is 13.7. The van der Waals surface area contributed by atoms with E-state index in [2.05, 4.69) is 20.8 Å². The number of carbonyl (C=O) groups excluding carboxylic acids is 1. The molecule has 1 N–H and O–H groups in total. The normalized spacial score (nSPS) is 10.9. The molecular formula is C16H16FN5OS. The number of thioether (sulfide) groups is 1. The second-order valence-electron chi connectivity index (χ2n) is 5.19. The van der Waals surface area contributed by atoms with Gasteiger partial charge in [0.15, 0.2) is 5.65 Å². The maximum absolute atomic E-state index is 12.8. The summed E-state index contributed by atoms with van der Waals surface area (Å²) in [6.07, 6.45) is 2.52. The first-order chi connectivity index (χ1) is 11.7. The standard InChI is InChI=1S/C16H16FN5OS/c17-14-4-2-12(3-5-14)11-24-9-1-7-18-16(23)13-6-8-22-15(10-13)19-20-21-22/h2-6,8,10H,1,7,9,11H2,(H,18,23). The van der Waals surface area contributed by atoms with Crippen LogP contribution in [0.4, 0.5) is 4.39 Å². The molecule has 124 valence electrons. The lowest BCUT2D eigenvalue weighted by Gasteiger charge is -2.05. The van der Waals surface area contributed by atoms with Crippen LogP contribution in [0.3, 0.4) is 0 Å². The summed E-state index contributed by atoms with van der Waals surface area (Å²) in [6, 6.07) is 9.86. The lowest BCUT2D eigenvalue weighted by molar-refractivity contribution is 0.0953. The Hall–Kier alpha value is -2.48. The van der Waals surface area contributed by atoms with Crippen LogP contribution in [0.2, 0.25) is 0 Å². The summed E-state index contributed by atoms with van der Waals surface area (Å²) < 4.78 is 14.3. The van der Waals surface area contributed by atoms with Gasteiger partial charge in [-0.1, -0.05) is 12.1 Å². The highest BCUT2D eigenvalue weighted by Gasteiger charge is 2.07. The molecule has 6 nitrogen and oxygen atoms in total. The van der Waals surface area contributed by atoms with E-state index in [-0.39, 0.29) is 11.7 Å². The van der Waals surface area contributed by atoms with E-state index in [1.54, 1.807) is 42.2 Å². The van der Waals surface area contributed by atoms with Crippen molar-refractivity contribution >= 4 is 23.3 Å². The van der Waals surface area contributed by atoms with Gasteiger partial charge in [0.2, 0.25) is 0 Å². The second kappa shape index (κ2) is 7.87. The molecule has 2 aromatic heterocycles. The Morgan fingerprint density at radius 2 is 2.08 bits per heavy atom. The average Bonchev–Trinajstić information content (AvgIpc) is 3.07. The van der Waals surface area contributed by atoms with Crippen molar-refractivity contribution in [2.24, 2.45) is 0 Å². The number of halogens is 1. The summed E-state index contributed by atoms with van der Waals surface area (Å²) in [5, 5.41) is 14.0. The van der Waals surface area contributed by atoms with Crippen LogP contribution in [-0.2, 0) is 5.75 Å². The molecule has 0 radical (unpaired) electrons. The topological polar surface area (TPSA) is 72.2 Å². The summed E-state index contributed by atoms with van der Waals surface area (Å²) in [5.74, 6) is 1.41. The van der Waals surface area contributed by atoms with Crippen molar-refractivity contribution in [3.8, 4) is 0 Å². The van der Waals surface area contributed by atoms with Crippen molar-refractivity contribution in [3.63, 3.8) is 0 Å². The van der Waals surface area contributed by atoms with Gasteiger partial charge < -0.3 is 5.32 Å². The van der Waals surface area contributed by atoms with Gasteiger partial charge in [-0.15, -0.1) is 5.10 Å². The van der Waals surface area contributed by atoms with E-state index in [1.807, 2.05) is 0 Å². The minimum Gasteiger partial charge on any atom is -0.352 e. The number of fused-ring (bicyclic) bond motifs is 1. The maximum Gasteiger partial charge on any atom is 0.251 e. The predicted molar refractivity (Wildman–Crippen MR) is 90.3 cm³/mol. The summed E-state index contributed by atoms with van der Waals surface area (Å²) in [6.45, 7) is 0.603. The van der Waals surface area contributed by atoms with Crippen LogP contribution in [0.1, 0.15) is 22.3 Å². The summed E-state index contributed by atoms with van der Waals surface area (Å²) in [4.78, 5) is 12.1. The summed E-state index contributed by atoms with van der Waals surface area (Å²) in [7, 11) is 0. The molecule has 1 aromatic carbocycles. The first-order valence-electron chi connectivity index (χ1n) is 7.50. The number of pyridine rings is 1. The Balaban J connectivity index is 1.36. The number of hydrogen-bond acceptors (Lipinski definition) is 5. The number of hydrogen-bond donors (Lipinski definition) is 1. The largest absolute Gasteiger partial charge is 0.352 e. The molecule has 0 fully saturated rings. The third-order valence-electron chi connectivity index (χ3n) is 3.39.